The number of thiazole rings is 1. The molecule has 2 heterocycles. The van der Waals surface area contributed by atoms with E-state index in [0.717, 1.165) is 18.5 Å². The number of rotatable bonds is 1. The van der Waals surface area contributed by atoms with E-state index in [1.807, 2.05) is 0 Å². The third kappa shape index (κ3) is 1.71. The fourth-order valence-corrected chi connectivity index (χ4v) is 3.55. The fourth-order valence-electron chi connectivity index (χ4n) is 2.37. The van der Waals surface area contributed by atoms with Crippen molar-refractivity contribution in [1.82, 2.24) is 9.88 Å². The molecule has 0 radical (unpaired) electrons. The zero-order valence-electron chi connectivity index (χ0n) is 9.72. The standard InChI is InChI=1S/C11H15N3O2S/c1-13-6-9(15)14(11(13)16)10-12-7-4-2-3-5-8(7)17-10/h9,15H,2-6H2,1H3. The van der Waals surface area contributed by atoms with Gasteiger partial charge in [-0.05, 0) is 25.7 Å². The number of aliphatic hydroxyl groups is 1. The van der Waals surface area contributed by atoms with Crippen LogP contribution < -0.4 is 4.90 Å². The normalized spacial score (nSPS) is 24.4. The van der Waals surface area contributed by atoms with Gasteiger partial charge in [-0.25, -0.2) is 14.7 Å². The van der Waals surface area contributed by atoms with Gasteiger partial charge in [0.1, 0.15) is 0 Å². The molecular formula is C11H15N3O2S. The van der Waals surface area contributed by atoms with Gasteiger partial charge in [0, 0.05) is 11.9 Å². The van der Waals surface area contributed by atoms with Gasteiger partial charge in [0.2, 0.25) is 0 Å². The summed E-state index contributed by atoms with van der Waals surface area (Å²) in [5.74, 6) is 0. The Morgan fingerprint density at radius 2 is 2.18 bits per heavy atom. The number of amides is 2. The molecule has 1 fully saturated rings. The molecule has 3 rings (SSSR count). The van der Waals surface area contributed by atoms with Gasteiger partial charge in [0.05, 0.1) is 12.2 Å². The number of nitrogens with zero attached hydrogens (tertiary/aromatic N) is 3. The van der Waals surface area contributed by atoms with E-state index in [2.05, 4.69) is 4.98 Å². The van der Waals surface area contributed by atoms with Gasteiger partial charge < -0.3 is 10.0 Å². The van der Waals surface area contributed by atoms with Crippen LogP contribution in [-0.2, 0) is 12.8 Å². The molecule has 1 saturated heterocycles. The lowest BCUT2D eigenvalue weighted by Crippen LogP contribution is -2.34. The summed E-state index contributed by atoms with van der Waals surface area (Å²) in [4.78, 5) is 20.6. The SMILES string of the molecule is CN1CC(O)N(c2nc3c(s2)CCCC3)C1=O. The van der Waals surface area contributed by atoms with Crippen LogP contribution in [0.25, 0.3) is 0 Å². The first-order valence-corrected chi connectivity index (χ1v) is 6.69. The van der Waals surface area contributed by atoms with Gasteiger partial charge in [0.15, 0.2) is 11.4 Å². The summed E-state index contributed by atoms with van der Waals surface area (Å²) in [5.41, 5.74) is 1.12. The molecule has 0 aromatic carbocycles. The minimum absolute atomic E-state index is 0.163. The molecule has 17 heavy (non-hydrogen) atoms. The average Bonchev–Trinajstić information content (AvgIpc) is 2.81. The van der Waals surface area contributed by atoms with Crippen molar-refractivity contribution in [3.63, 3.8) is 0 Å². The van der Waals surface area contributed by atoms with Crippen LogP contribution in [0, 0.1) is 0 Å². The maximum absolute atomic E-state index is 11.9. The minimum Gasteiger partial charge on any atom is -0.371 e. The number of aliphatic hydroxyl groups excluding tert-OH is 1. The summed E-state index contributed by atoms with van der Waals surface area (Å²) >= 11 is 1.55. The Hall–Kier alpha value is -1.14. The highest BCUT2D eigenvalue weighted by molar-refractivity contribution is 7.16. The van der Waals surface area contributed by atoms with E-state index < -0.39 is 6.23 Å². The Morgan fingerprint density at radius 3 is 2.82 bits per heavy atom. The number of hydrogen-bond acceptors (Lipinski definition) is 4. The van der Waals surface area contributed by atoms with Crippen molar-refractivity contribution in [2.45, 2.75) is 31.9 Å². The molecule has 1 aliphatic carbocycles. The number of aromatic nitrogens is 1. The van der Waals surface area contributed by atoms with Crippen molar-refractivity contribution in [3.8, 4) is 0 Å². The first-order chi connectivity index (χ1) is 8.16. The Balaban J connectivity index is 1.93. The van der Waals surface area contributed by atoms with E-state index >= 15 is 0 Å². The Bertz CT molecular complexity index is 436. The number of aryl methyl sites for hydroxylation is 2. The molecule has 1 atom stereocenters. The molecular weight excluding hydrogens is 238 g/mol. The summed E-state index contributed by atoms with van der Waals surface area (Å²) in [7, 11) is 1.69. The van der Waals surface area contributed by atoms with Crippen molar-refractivity contribution in [3.05, 3.63) is 10.6 Å². The fraction of sp³-hybridized carbons (Fsp3) is 0.636. The number of β-amino-alcohol motifs (C(OH)–C–C–N with tert-alkyl or cyclic N) is 1. The van der Waals surface area contributed by atoms with Crippen molar-refractivity contribution in [1.29, 1.82) is 0 Å². The van der Waals surface area contributed by atoms with Crippen molar-refractivity contribution in [2.24, 2.45) is 0 Å². The number of carbonyl (C=O) groups excluding carboxylic acids is 1. The van der Waals surface area contributed by atoms with Crippen LogP contribution in [0.15, 0.2) is 0 Å². The van der Waals surface area contributed by atoms with Crippen LogP contribution in [0.5, 0.6) is 0 Å². The van der Waals surface area contributed by atoms with E-state index in [1.165, 1.54) is 27.5 Å². The van der Waals surface area contributed by atoms with E-state index in [-0.39, 0.29) is 6.03 Å². The lowest BCUT2D eigenvalue weighted by atomic mass is 10.0. The number of fused-ring (bicyclic) bond motifs is 1. The Labute approximate surface area is 104 Å². The predicted octanol–water partition coefficient (Wildman–Crippen LogP) is 1.21. The quantitative estimate of drug-likeness (QED) is 0.818. The molecule has 92 valence electrons. The summed E-state index contributed by atoms with van der Waals surface area (Å²) in [6.45, 7) is 0.350. The maximum atomic E-state index is 11.9. The Kier molecular flexibility index (Phi) is 2.56. The molecule has 6 heteroatoms. The van der Waals surface area contributed by atoms with Crippen molar-refractivity contribution < 1.29 is 9.90 Å². The highest BCUT2D eigenvalue weighted by Crippen LogP contribution is 2.34. The Morgan fingerprint density at radius 1 is 1.41 bits per heavy atom. The maximum Gasteiger partial charge on any atom is 0.328 e. The molecule has 1 N–H and O–H groups in total. The van der Waals surface area contributed by atoms with Gasteiger partial charge >= 0.3 is 6.03 Å². The second kappa shape index (κ2) is 3.96. The monoisotopic (exact) mass is 253 g/mol. The molecule has 2 aliphatic rings. The van der Waals surface area contributed by atoms with Gasteiger partial charge in [-0.1, -0.05) is 0 Å². The van der Waals surface area contributed by atoms with E-state index in [4.69, 9.17) is 0 Å². The second-order valence-electron chi connectivity index (χ2n) is 4.59. The minimum atomic E-state index is -0.764. The molecule has 1 aromatic rings. The van der Waals surface area contributed by atoms with Gasteiger partial charge in [0.25, 0.3) is 0 Å². The van der Waals surface area contributed by atoms with Gasteiger partial charge in [-0.15, -0.1) is 11.3 Å². The second-order valence-corrected chi connectivity index (χ2v) is 5.65. The third-order valence-electron chi connectivity index (χ3n) is 3.31. The number of hydrogen-bond donors (Lipinski definition) is 1. The molecule has 0 saturated carbocycles. The van der Waals surface area contributed by atoms with Crippen molar-refractivity contribution >= 4 is 22.5 Å². The summed E-state index contributed by atoms with van der Waals surface area (Å²) in [5, 5.41) is 10.5. The summed E-state index contributed by atoms with van der Waals surface area (Å²) in [6, 6.07) is -0.163. The van der Waals surface area contributed by atoms with Crippen LogP contribution in [0.1, 0.15) is 23.4 Å². The molecule has 1 unspecified atom stereocenters. The first kappa shape index (κ1) is 11.0. The molecule has 0 bridgehead atoms. The zero-order chi connectivity index (χ0) is 12.0. The number of anilines is 1. The van der Waals surface area contributed by atoms with Crippen LogP contribution in [0.4, 0.5) is 9.93 Å². The van der Waals surface area contributed by atoms with Crippen molar-refractivity contribution in [2.75, 3.05) is 18.5 Å². The zero-order valence-corrected chi connectivity index (χ0v) is 10.5. The molecule has 0 spiro atoms. The van der Waals surface area contributed by atoms with E-state index in [0.29, 0.717) is 11.7 Å². The molecule has 1 aliphatic heterocycles. The number of carbonyl (C=O) groups is 1. The molecule has 5 nitrogen and oxygen atoms in total. The molecule has 2 amide bonds. The lowest BCUT2D eigenvalue weighted by Gasteiger charge is -2.14. The van der Waals surface area contributed by atoms with E-state index in [9.17, 15) is 9.90 Å². The topological polar surface area (TPSA) is 56.7 Å². The van der Waals surface area contributed by atoms with Gasteiger partial charge in [-0.2, -0.15) is 0 Å². The number of likely N-dealkylation sites (N-methyl/N-ethyl adjacent to an activating group) is 1. The average molecular weight is 253 g/mol. The van der Waals surface area contributed by atoms with Crippen LogP contribution in [0.3, 0.4) is 0 Å². The van der Waals surface area contributed by atoms with Crippen LogP contribution >= 0.6 is 11.3 Å². The lowest BCUT2D eigenvalue weighted by molar-refractivity contribution is 0.183. The largest absolute Gasteiger partial charge is 0.371 e. The smallest absolute Gasteiger partial charge is 0.328 e. The van der Waals surface area contributed by atoms with E-state index in [1.54, 1.807) is 18.4 Å². The molecule has 1 aromatic heterocycles. The summed E-state index contributed by atoms with van der Waals surface area (Å²) in [6.07, 6.45) is 3.67. The van der Waals surface area contributed by atoms with Gasteiger partial charge in [-0.3, -0.25) is 0 Å². The highest BCUT2D eigenvalue weighted by Gasteiger charge is 2.37. The first-order valence-electron chi connectivity index (χ1n) is 5.88. The van der Waals surface area contributed by atoms with Crippen LogP contribution in [-0.4, -0.2) is 40.8 Å². The number of urea groups is 1. The van der Waals surface area contributed by atoms with Crippen LogP contribution in [0.2, 0.25) is 0 Å². The summed E-state index contributed by atoms with van der Waals surface area (Å²) < 4.78 is 0. The third-order valence-corrected chi connectivity index (χ3v) is 4.47. The predicted molar refractivity (Wildman–Crippen MR) is 65.3 cm³/mol. The highest BCUT2D eigenvalue weighted by atomic mass is 32.1.